The Morgan fingerprint density at radius 1 is 1.15 bits per heavy atom. The first kappa shape index (κ1) is 19.0. The van der Waals surface area contributed by atoms with Gasteiger partial charge in [-0.2, -0.15) is 0 Å². The Morgan fingerprint density at radius 2 is 1.81 bits per heavy atom. The third-order valence-corrected chi connectivity index (χ3v) is 4.97. The third kappa shape index (κ3) is 4.90. The number of ether oxygens (including phenoxy) is 2. The quantitative estimate of drug-likeness (QED) is 0.809. The van der Waals surface area contributed by atoms with Crippen LogP contribution in [0, 0.1) is 5.92 Å². The number of benzene rings is 1. The van der Waals surface area contributed by atoms with Crippen molar-refractivity contribution in [1.29, 1.82) is 0 Å². The van der Waals surface area contributed by atoms with E-state index in [1.165, 1.54) is 0 Å². The Labute approximate surface area is 158 Å². The van der Waals surface area contributed by atoms with Gasteiger partial charge in [0.25, 0.3) is 0 Å². The molecule has 0 radical (unpaired) electrons. The van der Waals surface area contributed by atoms with Crippen molar-refractivity contribution in [3.63, 3.8) is 0 Å². The minimum Gasteiger partial charge on any atom is -0.497 e. The maximum absolute atomic E-state index is 12.4. The minimum absolute atomic E-state index is 0.183. The summed E-state index contributed by atoms with van der Waals surface area (Å²) in [6.07, 6.45) is 1.91. The van der Waals surface area contributed by atoms with Crippen LogP contribution >= 0.6 is 0 Å². The summed E-state index contributed by atoms with van der Waals surface area (Å²) in [5, 5.41) is 2.59. The molecular formula is C19H25N3O5. The van der Waals surface area contributed by atoms with Crippen molar-refractivity contribution in [1.82, 2.24) is 15.1 Å². The maximum atomic E-state index is 12.4. The third-order valence-electron chi connectivity index (χ3n) is 4.97. The molecule has 4 amide bonds. The van der Waals surface area contributed by atoms with Crippen LogP contribution in [0.1, 0.15) is 19.3 Å². The molecule has 27 heavy (non-hydrogen) atoms. The van der Waals surface area contributed by atoms with Gasteiger partial charge in [0.05, 0.1) is 13.7 Å². The molecule has 1 aromatic rings. The van der Waals surface area contributed by atoms with E-state index in [1.54, 1.807) is 12.0 Å². The number of urea groups is 1. The first-order chi connectivity index (χ1) is 13.1. The van der Waals surface area contributed by atoms with Gasteiger partial charge in [0.15, 0.2) is 0 Å². The lowest BCUT2D eigenvalue weighted by Crippen LogP contribution is -2.54. The average Bonchev–Trinajstić information content (AvgIpc) is 2.70. The largest absolute Gasteiger partial charge is 0.497 e. The number of rotatable bonds is 6. The summed E-state index contributed by atoms with van der Waals surface area (Å²) in [6.45, 7) is 1.97. The molecule has 0 spiro atoms. The zero-order valence-electron chi connectivity index (χ0n) is 15.5. The van der Waals surface area contributed by atoms with Gasteiger partial charge >= 0.3 is 6.03 Å². The van der Waals surface area contributed by atoms with Crippen molar-refractivity contribution in [2.75, 3.05) is 39.9 Å². The van der Waals surface area contributed by atoms with Crippen molar-refractivity contribution < 1.29 is 23.9 Å². The molecule has 2 aliphatic heterocycles. The van der Waals surface area contributed by atoms with E-state index in [9.17, 15) is 14.4 Å². The van der Waals surface area contributed by atoms with E-state index in [2.05, 4.69) is 5.32 Å². The first-order valence-electron chi connectivity index (χ1n) is 9.19. The number of hydrogen-bond acceptors (Lipinski definition) is 5. The molecule has 0 bridgehead atoms. The molecule has 0 atom stereocenters. The zero-order valence-corrected chi connectivity index (χ0v) is 15.5. The van der Waals surface area contributed by atoms with Gasteiger partial charge in [-0.05, 0) is 43.0 Å². The van der Waals surface area contributed by atoms with Crippen LogP contribution in [0.15, 0.2) is 24.3 Å². The average molecular weight is 375 g/mol. The molecule has 1 aromatic carbocycles. The second kappa shape index (κ2) is 8.75. The highest BCUT2D eigenvalue weighted by Crippen LogP contribution is 2.21. The Hall–Kier alpha value is -2.77. The molecule has 0 unspecified atom stereocenters. The molecular weight excluding hydrogens is 350 g/mol. The Morgan fingerprint density at radius 3 is 2.44 bits per heavy atom. The molecule has 146 valence electrons. The van der Waals surface area contributed by atoms with Crippen molar-refractivity contribution in [2.24, 2.45) is 5.92 Å². The molecule has 3 rings (SSSR count). The number of piperidine rings is 1. The molecule has 2 saturated heterocycles. The highest BCUT2D eigenvalue weighted by molar-refractivity contribution is 6.00. The van der Waals surface area contributed by atoms with Gasteiger partial charge in [0.2, 0.25) is 11.8 Å². The number of imide groups is 1. The van der Waals surface area contributed by atoms with Crippen LogP contribution < -0.4 is 14.8 Å². The first-order valence-corrected chi connectivity index (χ1v) is 9.19. The standard InChI is InChI=1S/C19H25N3O5/c1-26-15-2-4-16(5-3-15)27-13-14-7-10-21(11-8-14)18(24)12-22-17(23)6-9-20-19(22)25/h2-5,14H,6-13H2,1H3,(H,20,25). The number of nitrogens with zero attached hydrogens (tertiary/aromatic N) is 2. The summed E-state index contributed by atoms with van der Waals surface area (Å²) in [6, 6.07) is 6.97. The lowest BCUT2D eigenvalue weighted by molar-refractivity contribution is -0.139. The summed E-state index contributed by atoms with van der Waals surface area (Å²) in [4.78, 5) is 38.7. The Balaban J connectivity index is 1.42. The molecule has 0 saturated carbocycles. The van der Waals surface area contributed by atoms with Gasteiger partial charge in [-0.15, -0.1) is 0 Å². The predicted octanol–water partition coefficient (Wildman–Crippen LogP) is 1.25. The summed E-state index contributed by atoms with van der Waals surface area (Å²) >= 11 is 0. The van der Waals surface area contributed by atoms with E-state index in [-0.39, 0.29) is 24.8 Å². The maximum Gasteiger partial charge on any atom is 0.324 e. The van der Waals surface area contributed by atoms with Crippen molar-refractivity contribution in [3.8, 4) is 11.5 Å². The van der Waals surface area contributed by atoms with Gasteiger partial charge in [-0.1, -0.05) is 0 Å². The van der Waals surface area contributed by atoms with Crippen LogP contribution in [0.4, 0.5) is 4.79 Å². The summed E-state index contributed by atoms with van der Waals surface area (Å²) in [7, 11) is 1.62. The van der Waals surface area contributed by atoms with E-state index in [1.807, 2.05) is 24.3 Å². The number of carbonyl (C=O) groups is 3. The lowest BCUT2D eigenvalue weighted by atomic mass is 9.97. The van der Waals surface area contributed by atoms with Crippen LogP contribution in [0.2, 0.25) is 0 Å². The number of hydrogen-bond donors (Lipinski definition) is 1. The topological polar surface area (TPSA) is 88.2 Å². The fourth-order valence-electron chi connectivity index (χ4n) is 3.25. The fraction of sp³-hybridized carbons (Fsp3) is 0.526. The highest BCUT2D eigenvalue weighted by Gasteiger charge is 2.30. The van der Waals surface area contributed by atoms with Crippen LogP contribution in [-0.4, -0.2) is 67.5 Å². The van der Waals surface area contributed by atoms with Gasteiger partial charge in [-0.25, -0.2) is 4.79 Å². The second-order valence-corrected chi connectivity index (χ2v) is 6.77. The molecule has 8 heteroatoms. The Bertz CT molecular complexity index is 667. The molecule has 0 aromatic heterocycles. The monoisotopic (exact) mass is 375 g/mol. The van der Waals surface area contributed by atoms with Crippen LogP contribution in [0.25, 0.3) is 0 Å². The van der Waals surface area contributed by atoms with E-state index >= 15 is 0 Å². The predicted molar refractivity (Wildman–Crippen MR) is 97.5 cm³/mol. The lowest BCUT2D eigenvalue weighted by Gasteiger charge is -2.33. The summed E-state index contributed by atoms with van der Waals surface area (Å²) in [5.41, 5.74) is 0. The normalized spacial score (nSPS) is 18.3. The van der Waals surface area contributed by atoms with Crippen LogP contribution in [0.5, 0.6) is 11.5 Å². The van der Waals surface area contributed by atoms with Gasteiger partial charge in [0, 0.05) is 26.1 Å². The SMILES string of the molecule is COc1ccc(OCC2CCN(C(=O)CN3C(=O)CCNC3=O)CC2)cc1. The second-order valence-electron chi connectivity index (χ2n) is 6.77. The number of likely N-dealkylation sites (tertiary alicyclic amines) is 1. The van der Waals surface area contributed by atoms with E-state index in [0.717, 1.165) is 29.2 Å². The van der Waals surface area contributed by atoms with Crippen molar-refractivity contribution in [2.45, 2.75) is 19.3 Å². The van der Waals surface area contributed by atoms with Gasteiger partial charge in [-0.3, -0.25) is 14.5 Å². The molecule has 8 nitrogen and oxygen atoms in total. The van der Waals surface area contributed by atoms with Crippen molar-refractivity contribution in [3.05, 3.63) is 24.3 Å². The molecule has 2 heterocycles. The molecule has 2 fully saturated rings. The van der Waals surface area contributed by atoms with Crippen LogP contribution in [0.3, 0.4) is 0 Å². The van der Waals surface area contributed by atoms with Crippen molar-refractivity contribution >= 4 is 17.8 Å². The van der Waals surface area contributed by atoms with E-state index in [4.69, 9.17) is 9.47 Å². The molecule has 0 aliphatic carbocycles. The van der Waals surface area contributed by atoms with Gasteiger partial charge < -0.3 is 19.7 Å². The van der Waals surface area contributed by atoms with E-state index < -0.39 is 6.03 Å². The molecule has 2 aliphatic rings. The number of amides is 4. The number of carbonyl (C=O) groups excluding carboxylic acids is 3. The van der Waals surface area contributed by atoms with E-state index in [0.29, 0.717) is 32.2 Å². The summed E-state index contributed by atoms with van der Waals surface area (Å²) < 4.78 is 10.9. The number of methoxy groups -OCH3 is 1. The fourth-order valence-corrected chi connectivity index (χ4v) is 3.25. The zero-order chi connectivity index (χ0) is 19.2. The smallest absolute Gasteiger partial charge is 0.324 e. The Kier molecular flexibility index (Phi) is 6.16. The molecule has 1 N–H and O–H groups in total. The minimum atomic E-state index is -0.484. The highest BCUT2D eigenvalue weighted by atomic mass is 16.5. The van der Waals surface area contributed by atoms with Crippen LogP contribution in [-0.2, 0) is 9.59 Å². The number of nitrogens with one attached hydrogen (secondary N) is 1. The summed E-state index contributed by atoms with van der Waals surface area (Å²) in [5.74, 6) is 1.47. The van der Waals surface area contributed by atoms with Gasteiger partial charge in [0.1, 0.15) is 18.0 Å².